The fourth-order valence-corrected chi connectivity index (χ4v) is 3.23. The van der Waals surface area contributed by atoms with Crippen LogP contribution in [0.15, 0.2) is 47.4 Å². The van der Waals surface area contributed by atoms with E-state index in [9.17, 15) is 13.2 Å². The Balaban J connectivity index is 1.80. The standard InChI is InChI=1S/C16H18N2O3S2/c1-12-2-5-14(22-12)6-9-16(19)18-11-10-13-3-7-15(8-4-13)23(17,20)21/h2-9H,10-11H2,1H3,(H,18,19)(H2,17,20,21)/b9-6+. The first kappa shape index (κ1) is 17.4. The van der Waals surface area contributed by atoms with E-state index in [0.29, 0.717) is 13.0 Å². The molecule has 0 radical (unpaired) electrons. The van der Waals surface area contributed by atoms with Gasteiger partial charge in [-0.3, -0.25) is 4.79 Å². The van der Waals surface area contributed by atoms with Crippen LogP contribution in [0, 0.1) is 6.92 Å². The van der Waals surface area contributed by atoms with Gasteiger partial charge in [0.2, 0.25) is 15.9 Å². The number of primary sulfonamides is 1. The second kappa shape index (κ2) is 7.54. The van der Waals surface area contributed by atoms with Crippen molar-refractivity contribution < 1.29 is 13.2 Å². The Morgan fingerprint density at radius 2 is 1.91 bits per heavy atom. The van der Waals surface area contributed by atoms with Crippen LogP contribution in [0.1, 0.15) is 15.3 Å². The summed E-state index contributed by atoms with van der Waals surface area (Å²) >= 11 is 1.63. The summed E-state index contributed by atoms with van der Waals surface area (Å²) in [5, 5.41) is 7.83. The number of rotatable bonds is 6. The van der Waals surface area contributed by atoms with Crippen LogP contribution < -0.4 is 10.5 Å². The molecule has 0 atom stereocenters. The fraction of sp³-hybridized carbons (Fsp3) is 0.188. The van der Waals surface area contributed by atoms with Crippen LogP contribution in [0.3, 0.4) is 0 Å². The molecule has 1 aromatic heterocycles. The van der Waals surface area contributed by atoms with Gasteiger partial charge in [0.05, 0.1) is 4.90 Å². The topological polar surface area (TPSA) is 89.3 Å². The number of amides is 1. The van der Waals surface area contributed by atoms with Gasteiger partial charge >= 0.3 is 0 Å². The van der Waals surface area contributed by atoms with E-state index in [1.165, 1.54) is 23.1 Å². The number of carbonyl (C=O) groups excluding carboxylic acids is 1. The van der Waals surface area contributed by atoms with Crippen LogP contribution in [0.4, 0.5) is 0 Å². The van der Waals surface area contributed by atoms with Crippen molar-refractivity contribution in [3.63, 3.8) is 0 Å². The lowest BCUT2D eigenvalue weighted by Crippen LogP contribution is -2.23. The normalized spacial score (nSPS) is 11.7. The first-order valence-electron chi connectivity index (χ1n) is 6.99. The van der Waals surface area contributed by atoms with Crippen LogP contribution in [-0.2, 0) is 21.2 Å². The minimum absolute atomic E-state index is 0.0828. The molecule has 0 saturated carbocycles. The fourth-order valence-electron chi connectivity index (χ4n) is 1.94. The zero-order valence-electron chi connectivity index (χ0n) is 12.7. The van der Waals surface area contributed by atoms with Crippen molar-refractivity contribution in [3.05, 3.63) is 57.8 Å². The molecule has 1 aromatic carbocycles. The van der Waals surface area contributed by atoms with E-state index in [2.05, 4.69) is 5.32 Å². The zero-order chi connectivity index (χ0) is 16.9. The molecule has 1 amide bonds. The second-order valence-corrected chi connectivity index (χ2v) is 7.89. The van der Waals surface area contributed by atoms with Crippen LogP contribution in [0.25, 0.3) is 6.08 Å². The van der Waals surface area contributed by atoms with E-state index in [1.807, 2.05) is 19.1 Å². The molecule has 0 spiro atoms. The van der Waals surface area contributed by atoms with Crippen molar-refractivity contribution in [2.24, 2.45) is 5.14 Å². The Labute approximate surface area is 139 Å². The van der Waals surface area contributed by atoms with E-state index in [-0.39, 0.29) is 10.8 Å². The number of hydrogen-bond acceptors (Lipinski definition) is 4. The Morgan fingerprint density at radius 3 is 2.48 bits per heavy atom. The summed E-state index contributed by atoms with van der Waals surface area (Å²) in [6.07, 6.45) is 3.91. The monoisotopic (exact) mass is 350 g/mol. The van der Waals surface area contributed by atoms with Gasteiger partial charge in [-0.05, 0) is 49.2 Å². The molecule has 0 unspecified atom stereocenters. The number of hydrogen-bond donors (Lipinski definition) is 2. The lowest BCUT2D eigenvalue weighted by molar-refractivity contribution is -0.116. The average molecular weight is 350 g/mol. The highest BCUT2D eigenvalue weighted by atomic mass is 32.2. The molecular formula is C16H18N2O3S2. The predicted molar refractivity (Wildman–Crippen MR) is 92.6 cm³/mol. The summed E-state index contributed by atoms with van der Waals surface area (Å²) in [5.41, 5.74) is 0.926. The van der Waals surface area contributed by atoms with Crippen LogP contribution in [0.5, 0.6) is 0 Å². The molecule has 0 aliphatic carbocycles. The Bertz CT molecular complexity index is 806. The molecule has 5 nitrogen and oxygen atoms in total. The third kappa shape index (κ3) is 5.63. The molecule has 0 bridgehead atoms. The highest BCUT2D eigenvalue weighted by Gasteiger charge is 2.06. The average Bonchev–Trinajstić information content (AvgIpc) is 2.90. The largest absolute Gasteiger partial charge is 0.352 e. The van der Waals surface area contributed by atoms with Crippen molar-refractivity contribution in [1.82, 2.24) is 5.32 Å². The van der Waals surface area contributed by atoms with Gasteiger partial charge in [0.15, 0.2) is 0 Å². The quantitative estimate of drug-likeness (QED) is 0.782. The van der Waals surface area contributed by atoms with Gasteiger partial charge in [0.1, 0.15) is 0 Å². The number of sulfonamides is 1. The molecule has 2 rings (SSSR count). The summed E-state index contributed by atoms with van der Waals surface area (Å²) in [4.78, 5) is 14.0. The van der Waals surface area contributed by atoms with Crippen molar-refractivity contribution in [3.8, 4) is 0 Å². The number of nitrogens with one attached hydrogen (secondary N) is 1. The third-order valence-corrected chi connectivity index (χ3v) is 5.02. The predicted octanol–water partition coefficient (Wildman–Crippen LogP) is 2.08. The number of thiophene rings is 1. The molecule has 0 aliphatic rings. The van der Waals surface area contributed by atoms with E-state index in [4.69, 9.17) is 5.14 Å². The molecular weight excluding hydrogens is 332 g/mol. The summed E-state index contributed by atoms with van der Waals surface area (Å²) < 4.78 is 22.3. The SMILES string of the molecule is Cc1ccc(/C=C/C(=O)NCCc2ccc(S(N)(=O)=O)cc2)s1. The first-order chi connectivity index (χ1) is 10.8. The van der Waals surface area contributed by atoms with Gasteiger partial charge in [0, 0.05) is 22.4 Å². The maximum Gasteiger partial charge on any atom is 0.244 e. The van der Waals surface area contributed by atoms with Crippen LogP contribution in [-0.4, -0.2) is 20.9 Å². The number of aryl methyl sites for hydroxylation is 1. The molecule has 3 N–H and O–H groups in total. The maximum atomic E-state index is 11.7. The van der Waals surface area contributed by atoms with E-state index < -0.39 is 10.0 Å². The summed E-state index contributed by atoms with van der Waals surface area (Å²) in [6.45, 7) is 2.49. The van der Waals surface area contributed by atoms with E-state index >= 15 is 0 Å². The molecule has 0 aliphatic heterocycles. The first-order valence-corrected chi connectivity index (χ1v) is 9.35. The molecule has 0 saturated heterocycles. The highest BCUT2D eigenvalue weighted by molar-refractivity contribution is 7.89. The molecule has 1 heterocycles. The summed E-state index contributed by atoms with van der Waals surface area (Å²) in [5.74, 6) is -0.155. The van der Waals surface area contributed by atoms with Crippen molar-refractivity contribution in [2.75, 3.05) is 6.54 Å². The van der Waals surface area contributed by atoms with Crippen molar-refractivity contribution in [2.45, 2.75) is 18.2 Å². The maximum absolute atomic E-state index is 11.7. The Morgan fingerprint density at radius 1 is 1.22 bits per heavy atom. The van der Waals surface area contributed by atoms with Crippen molar-refractivity contribution in [1.29, 1.82) is 0 Å². The molecule has 7 heteroatoms. The molecule has 0 fully saturated rings. The summed E-state index contributed by atoms with van der Waals surface area (Å²) in [6, 6.07) is 10.3. The van der Waals surface area contributed by atoms with Crippen molar-refractivity contribution >= 4 is 33.3 Å². The molecule has 2 aromatic rings. The van der Waals surface area contributed by atoms with Crippen LogP contribution >= 0.6 is 11.3 Å². The zero-order valence-corrected chi connectivity index (χ0v) is 14.3. The number of nitrogens with two attached hydrogens (primary N) is 1. The molecule has 23 heavy (non-hydrogen) atoms. The van der Waals surface area contributed by atoms with Gasteiger partial charge < -0.3 is 5.32 Å². The minimum atomic E-state index is -3.66. The van der Waals surface area contributed by atoms with E-state index in [1.54, 1.807) is 29.5 Å². The smallest absolute Gasteiger partial charge is 0.244 e. The number of carbonyl (C=O) groups is 1. The summed E-state index contributed by atoms with van der Waals surface area (Å²) in [7, 11) is -3.66. The van der Waals surface area contributed by atoms with Gasteiger partial charge in [-0.25, -0.2) is 13.6 Å². The second-order valence-electron chi connectivity index (χ2n) is 5.01. The van der Waals surface area contributed by atoms with E-state index in [0.717, 1.165) is 10.4 Å². The van der Waals surface area contributed by atoms with Gasteiger partial charge in [-0.1, -0.05) is 12.1 Å². The van der Waals surface area contributed by atoms with Crippen LogP contribution in [0.2, 0.25) is 0 Å². The lowest BCUT2D eigenvalue weighted by atomic mass is 10.1. The van der Waals surface area contributed by atoms with Gasteiger partial charge in [-0.15, -0.1) is 11.3 Å². The highest BCUT2D eigenvalue weighted by Crippen LogP contribution is 2.16. The number of benzene rings is 1. The lowest BCUT2D eigenvalue weighted by Gasteiger charge is -2.04. The third-order valence-electron chi connectivity index (χ3n) is 3.12. The Kier molecular flexibility index (Phi) is 5.70. The minimum Gasteiger partial charge on any atom is -0.352 e. The molecule has 122 valence electrons. The van der Waals surface area contributed by atoms with Gasteiger partial charge in [-0.2, -0.15) is 0 Å². The Hall–Kier alpha value is -1.96. The van der Waals surface area contributed by atoms with Gasteiger partial charge in [0.25, 0.3) is 0 Å².